The van der Waals surface area contributed by atoms with Crippen molar-refractivity contribution in [2.24, 2.45) is 0 Å². The molecule has 0 aliphatic carbocycles. The molecule has 1 aromatic heterocycles. The van der Waals surface area contributed by atoms with E-state index in [9.17, 15) is 5.11 Å². The Kier molecular flexibility index (Phi) is 4.47. The first-order valence-corrected chi connectivity index (χ1v) is 7.91. The van der Waals surface area contributed by atoms with Gasteiger partial charge >= 0.3 is 0 Å². The number of aromatic hydroxyl groups is 1. The summed E-state index contributed by atoms with van der Waals surface area (Å²) in [6.45, 7) is 0.836. The number of hydrogen-bond acceptors (Lipinski definition) is 2. The van der Waals surface area contributed by atoms with Gasteiger partial charge in [0.2, 0.25) is 0 Å². The first kappa shape index (κ1) is 16.5. The summed E-state index contributed by atoms with van der Waals surface area (Å²) in [4.78, 5) is 3.46. The zero-order chi connectivity index (χ0) is 15.3. The maximum atomic E-state index is 10.2. The molecule has 2 aromatic carbocycles. The van der Waals surface area contributed by atoms with Gasteiger partial charge in [0.25, 0.3) is 0 Å². The van der Waals surface area contributed by atoms with Crippen LogP contribution in [0.15, 0.2) is 36.4 Å². The zero-order valence-corrected chi connectivity index (χ0v) is 14.4. The Morgan fingerprint density at radius 3 is 2.61 bits per heavy atom. The van der Waals surface area contributed by atoms with Crippen LogP contribution in [0.5, 0.6) is 5.75 Å². The minimum Gasteiger partial charge on any atom is -0.508 e. The summed E-state index contributed by atoms with van der Waals surface area (Å²) >= 11 is 12.2. The Bertz CT molecular complexity index is 876. The van der Waals surface area contributed by atoms with Gasteiger partial charge in [0, 0.05) is 38.8 Å². The van der Waals surface area contributed by atoms with Crippen LogP contribution in [-0.2, 0) is 6.42 Å². The van der Waals surface area contributed by atoms with Crippen LogP contribution in [0.1, 0.15) is 22.9 Å². The molecule has 0 radical (unpaired) electrons. The van der Waals surface area contributed by atoms with E-state index in [1.54, 1.807) is 12.1 Å². The molecule has 2 heterocycles. The molecule has 0 bridgehead atoms. The highest BCUT2D eigenvalue weighted by atomic mass is 35.5. The number of aromatic amines is 1. The third-order valence-corrected chi connectivity index (χ3v) is 4.68. The molecule has 120 valence electrons. The number of phenolic OH excluding ortho intramolecular Hbond substituents is 1. The van der Waals surface area contributed by atoms with Crippen LogP contribution in [0.3, 0.4) is 0 Å². The van der Waals surface area contributed by atoms with Crippen molar-refractivity contribution >= 4 is 46.5 Å². The molecule has 3 N–H and O–H groups in total. The van der Waals surface area contributed by atoms with E-state index in [0.717, 1.165) is 40.1 Å². The molecule has 6 heteroatoms. The molecular weight excluding hydrogens is 355 g/mol. The van der Waals surface area contributed by atoms with Crippen molar-refractivity contribution in [2.45, 2.75) is 12.5 Å². The van der Waals surface area contributed by atoms with Crippen LogP contribution in [0.25, 0.3) is 10.9 Å². The van der Waals surface area contributed by atoms with E-state index in [0.29, 0.717) is 5.02 Å². The van der Waals surface area contributed by atoms with E-state index >= 15 is 0 Å². The molecule has 23 heavy (non-hydrogen) atoms. The van der Waals surface area contributed by atoms with E-state index in [4.69, 9.17) is 23.2 Å². The Balaban J connectivity index is 0.00000156. The van der Waals surface area contributed by atoms with E-state index in [-0.39, 0.29) is 24.2 Å². The summed E-state index contributed by atoms with van der Waals surface area (Å²) in [5.74, 6) is 0.242. The fraction of sp³-hybridized carbons (Fsp3) is 0.176. The van der Waals surface area contributed by atoms with Gasteiger partial charge in [-0.15, -0.1) is 12.4 Å². The highest BCUT2D eigenvalue weighted by Crippen LogP contribution is 2.38. The molecule has 0 saturated carbocycles. The third-order valence-electron chi connectivity index (χ3n) is 4.21. The SMILES string of the molecule is Cl.Oc1ccc(Cl)cc1C1NCCc2c1[nH]c1ccc(Cl)cc21. The predicted octanol–water partition coefficient (Wildman–Crippen LogP) is 4.84. The van der Waals surface area contributed by atoms with Crippen LogP contribution in [0.2, 0.25) is 10.0 Å². The van der Waals surface area contributed by atoms with Gasteiger partial charge in [-0.2, -0.15) is 0 Å². The quantitative estimate of drug-likeness (QED) is 0.575. The maximum Gasteiger partial charge on any atom is 0.120 e. The minimum atomic E-state index is -0.103. The van der Waals surface area contributed by atoms with Crippen molar-refractivity contribution in [1.29, 1.82) is 0 Å². The first-order valence-electron chi connectivity index (χ1n) is 7.15. The molecule has 1 atom stereocenters. The van der Waals surface area contributed by atoms with Gasteiger partial charge in [0.15, 0.2) is 0 Å². The summed E-state index contributed by atoms with van der Waals surface area (Å²) in [6, 6.07) is 10.9. The predicted molar refractivity (Wildman–Crippen MR) is 97.2 cm³/mol. The molecule has 1 aliphatic heterocycles. The molecule has 1 aliphatic rings. The average Bonchev–Trinajstić information content (AvgIpc) is 2.88. The topological polar surface area (TPSA) is 48.0 Å². The highest BCUT2D eigenvalue weighted by molar-refractivity contribution is 6.31. The summed E-state index contributed by atoms with van der Waals surface area (Å²) < 4.78 is 0. The van der Waals surface area contributed by atoms with E-state index in [2.05, 4.69) is 10.3 Å². The van der Waals surface area contributed by atoms with Crippen molar-refractivity contribution in [2.75, 3.05) is 6.54 Å². The number of fused-ring (bicyclic) bond motifs is 3. The molecule has 0 fully saturated rings. The molecule has 1 unspecified atom stereocenters. The lowest BCUT2D eigenvalue weighted by Crippen LogP contribution is -2.30. The van der Waals surface area contributed by atoms with Crippen LogP contribution < -0.4 is 5.32 Å². The monoisotopic (exact) mass is 368 g/mol. The van der Waals surface area contributed by atoms with Gasteiger partial charge in [-0.1, -0.05) is 23.2 Å². The molecule has 4 rings (SSSR count). The zero-order valence-electron chi connectivity index (χ0n) is 12.1. The van der Waals surface area contributed by atoms with Crippen molar-refractivity contribution in [3.8, 4) is 5.75 Å². The van der Waals surface area contributed by atoms with Crippen molar-refractivity contribution in [3.05, 3.63) is 63.3 Å². The fourth-order valence-corrected chi connectivity index (χ4v) is 3.57. The summed E-state index contributed by atoms with van der Waals surface area (Å²) in [5.41, 5.74) is 4.16. The normalized spacial score (nSPS) is 16.9. The van der Waals surface area contributed by atoms with E-state index < -0.39 is 0 Å². The van der Waals surface area contributed by atoms with Gasteiger partial charge in [-0.3, -0.25) is 0 Å². The number of rotatable bonds is 1. The van der Waals surface area contributed by atoms with Gasteiger partial charge in [0.1, 0.15) is 5.75 Å². The van der Waals surface area contributed by atoms with Gasteiger partial charge in [-0.25, -0.2) is 0 Å². The summed E-state index contributed by atoms with van der Waals surface area (Å²) in [7, 11) is 0. The van der Waals surface area contributed by atoms with Crippen LogP contribution >= 0.6 is 35.6 Å². The van der Waals surface area contributed by atoms with E-state index in [1.165, 1.54) is 5.56 Å². The van der Waals surface area contributed by atoms with Crippen molar-refractivity contribution in [3.63, 3.8) is 0 Å². The molecule has 3 nitrogen and oxygen atoms in total. The second kappa shape index (κ2) is 6.25. The molecule has 0 spiro atoms. The number of aromatic nitrogens is 1. The number of nitrogens with one attached hydrogen (secondary N) is 2. The van der Waals surface area contributed by atoms with Crippen molar-refractivity contribution in [1.82, 2.24) is 10.3 Å². The minimum absolute atomic E-state index is 0. The van der Waals surface area contributed by atoms with Gasteiger partial charge in [-0.05, 0) is 48.4 Å². The number of halogens is 3. The molecule has 3 aromatic rings. The van der Waals surface area contributed by atoms with Gasteiger partial charge < -0.3 is 15.4 Å². The summed E-state index contributed by atoms with van der Waals surface area (Å²) in [5, 5.41) is 16.1. The highest BCUT2D eigenvalue weighted by Gasteiger charge is 2.27. The fourth-order valence-electron chi connectivity index (χ4n) is 3.22. The number of H-pyrrole nitrogens is 1. The third kappa shape index (κ3) is 2.79. The molecule has 0 amide bonds. The number of phenols is 1. The lowest BCUT2D eigenvalue weighted by atomic mass is 9.94. The number of hydrogen-bond donors (Lipinski definition) is 3. The lowest BCUT2D eigenvalue weighted by Gasteiger charge is -2.25. The largest absolute Gasteiger partial charge is 0.508 e. The first-order chi connectivity index (χ1) is 10.6. The smallest absolute Gasteiger partial charge is 0.120 e. The molecular formula is C17H15Cl3N2O. The average molecular weight is 370 g/mol. The lowest BCUT2D eigenvalue weighted by molar-refractivity contribution is 0.452. The number of benzene rings is 2. The van der Waals surface area contributed by atoms with Crippen LogP contribution in [0, 0.1) is 0 Å². The Morgan fingerprint density at radius 2 is 1.78 bits per heavy atom. The Morgan fingerprint density at radius 1 is 1.04 bits per heavy atom. The van der Waals surface area contributed by atoms with Crippen LogP contribution in [-0.4, -0.2) is 16.6 Å². The second-order valence-corrected chi connectivity index (χ2v) is 6.42. The Hall–Kier alpha value is -1.39. The molecule has 0 saturated heterocycles. The second-order valence-electron chi connectivity index (χ2n) is 5.55. The van der Waals surface area contributed by atoms with Gasteiger partial charge in [0.05, 0.1) is 6.04 Å². The maximum absolute atomic E-state index is 10.2. The standard InChI is InChI=1S/C17H14Cl2N2O.ClH/c18-9-1-3-14-12(7-9)11-5-6-20-16(17(11)21-14)13-8-10(19)2-4-15(13)22;/h1-4,7-8,16,20-22H,5-6H2;1H. The van der Waals surface area contributed by atoms with Crippen molar-refractivity contribution < 1.29 is 5.11 Å². The Labute approximate surface area is 150 Å². The van der Waals surface area contributed by atoms with E-state index in [1.807, 2.05) is 24.3 Å². The van der Waals surface area contributed by atoms with Crippen LogP contribution in [0.4, 0.5) is 0 Å². The summed E-state index contributed by atoms with van der Waals surface area (Å²) in [6.07, 6.45) is 0.924.